The van der Waals surface area contributed by atoms with Crippen LogP contribution < -0.4 is 0 Å². The minimum absolute atomic E-state index is 0.0923. The van der Waals surface area contributed by atoms with Crippen LogP contribution >= 0.6 is 47.8 Å². The largest absolute Gasteiger partial charge is 0.461 e. The number of carbonyl (C=O) groups is 1. The van der Waals surface area contributed by atoms with Crippen molar-refractivity contribution in [2.75, 3.05) is 6.61 Å². The van der Waals surface area contributed by atoms with E-state index in [0.717, 1.165) is 15.1 Å². The van der Waals surface area contributed by atoms with Gasteiger partial charge in [0, 0.05) is 21.3 Å². The quantitative estimate of drug-likeness (QED) is 0.420. The van der Waals surface area contributed by atoms with Crippen LogP contribution in [-0.4, -0.2) is 22.5 Å². The molecule has 0 saturated heterocycles. The highest BCUT2D eigenvalue weighted by Crippen LogP contribution is 2.28. The van der Waals surface area contributed by atoms with Crippen molar-refractivity contribution in [3.8, 4) is 0 Å². The van der Waals surface area contributed by atoms with Gasteiger partial charge in [0.1, 0.15) is 10.3 Å². The van der Waals surface area contributed by atoms with E-state index in [1.165, 1.54) is 19.2 Å². The zero-order valence-electron chi connectivity index (χ0n) is 11.8. The number of aromatic nitrogens is 2. The van der Waals surface area contributed by atoms with E-state index >= 15 is 0 Å². The van der Waals surface area contributed by atoms with E-state index in [-0.39, 0.29) is 6.61 Å². The maximum absolute atomic E-state index is 13.3. The molecule has 0 amide bonds. The number of alkyl halides is 2. The Labute approximate surface area is 157 Å². The van der Waals surface area contributed by atoms with Crippen LogP contribution in [0.5, 0.6) is 0 Å². The molecule has 2 heterocycles. The van der Waals surface area contributed by atoms with Gasteiger partial charge in [-0.2, -0.15) is 8.78 Å². The molecular weight excluding hydrogens is 506 g/mol. The second kappa shape index (κ2) is 9.39. The van der Waals surface area contributed by atoms with Gasteiger partial charge in [-0.05, 0) is 79.0 Å². The number of hydrogen-bond acceptors (Lipinski definition) is 4. The third kappa shape index (κ3) is 6.60. The van der Waals surface area contributed by atoms with Crippen LogP contribution in [0.1, 0.15) is 12.6 Å². The summed E-state index contributed by atoms with van der Waals surface area (Å²) in [4.78, 5) is 18.3. The third-order valence-corrected chi connectivity index (χ3v) is 3.68. The summed E-state index contributed by atoms with van der Waals surface area (Å²) < 4.78 is 33.3. The summed E-state index contributed by atoms with van der Waals surface area (Å²) >= 11 is 9.53. The van der Waals surface area contributed by atoms with Gasteiger partial charge in [-0.1, -0.05) is 0 Å². The average Bonchev–Trinajstić information content (AvgIpc) is 2.51. The molecular formula is C14H11Br3F2N2O2. The minimum atomic E-state index is -3.70. The second-order valence-electron chi connectivity index (χ2n) is 3.96. The van der Waals surface area contributed by atoms with Crippen molar-refractivity contribution in [2.45, 2.75) is 12.8 Å². The molecule has 0 N–H and O–H groups in total. The summed E-state index contributed by atoms with van der Waals surface area (Å²) in [6.07, 6.45) is 2.94. The molecule has 0 atom stereocenters. The SMILES string of the molecule is Brc1ccc(Br)nc1.CCOC(=O)C(F)(F)c1ccc(Br)cn1. The van der Waals surface area contributed by atoms with Crippen molar-refractivity contribution in [2.24, 2.45) is 0 Å². The fourth-order valence-electron chi connectivity index (χ4n) is 1.25. The molecule has 124 valence electrons. The van der Waals surface area contributed by atoms with Crippen LogP contribution in [0.4, 0.5) is 8.78 Å². The van der Waals surface area contributed by atoms with Crippen molar-refractivity contribution in [3.05, 3.63) is 55.9 Å². The molecule has 9 heteroatoms. The standard InChI is InChI=1S/C9H8BrF2NO2.C5H3Br2N/c1-2-15-8(14)9(11,12)7-4-3-6(10)5-13-7;6-4-1-2-5(7)8-3-4/h3-5H,2H2,1H3;1-3H. The number of esters is 1. The first-order chi connectivity index (χ1) is 10.8. The summed E-state index contributed by atoms with van der Waals surface area (Å²) in [7, 11) is 0. The van der Waals surface area contributed by atoms with Gasteiger partial charge >= 0.3 is 11.9 Å². The van der Waals surface area contributed by atoms with E-state index in [4.69, 9.17) is 0 Å². The van der Waals surface area contributed by atoms with Crippen LogP contribution in [0.25, 0.3) is 0 Å². The average molecular weight is 517 g/mol. The zero-order valence-corrected chi connectivity index (χ0v) is 16.5. The molecule has 0 saturated carbocycles. The molecule has 0 aliphatic rings. The first-order valence-electron chi connectivity index (χ1n) is 6.21. The maximum Gasteiger partial charge on any atom is 0.384 e. The van der Waals surface area contributed by atoms with Gasteiger partial charge in [0.15, 0.2) is 0 Å². The topological polar surface area (TPSA) is 52.1 Å². The smallest absolute Gasteiger partial charge is 0.384 e. The van der Waals surface area contributed by atoms with E-state index in [1.807, 2.05) is 12.1 Å². The van der Waals surface area contributed by atoms with Gasteiger partial charge < -0.3 is 4.74 Å². The molecule has 0 spiro atoms. The van der Waals surface area contributed by atoms with Crippen molar-refractivity contribution in [1.82, 2.24) is 9.97 Å². The van der Waals surface area contributed by atoms with Crippen molar-refractivity contribution < 1.29 is 18.3 Å². The predicted molar refractivity (Wildman–Crippen MR) is 92.1 cm³/mol. The van der Waals surface area contributed by atoms with E-state index in [0.29, 0.717) is 4.47 Å². The lowest BCUT2D eigenvalue weighted by Crippen LogP contribution is -2.29. The van der Waals surface area contributed by atoms with E-state index in [2.05, 4.69) is 62.5 Å². The molecule has 0 unspecified atom stereocenters. The Morgan fingerprint density at radius 1 is 1.09 bits per heavy atom. The Kier molecular flexibility index (Phi) is 8.21. The highest BCUT2D eigenvalue weighted by atomic mass is 79.9. The predicted octanol–water partition coefficient (Wildman–Crippen LogP) is 5.11. The van der Waals surface area contributed by atoms with Gasteiger partial charge in [-0.25, -0.2) is 9.78 Å². The number of hydrogen-bond donors (Lipinski definition) is 0. The van der Waals surface area contributed by atoms with Gasteiger partial charge in [0.25, 0.3) is 0 Å². The van der Waals surface area contributed by atoms with Gasteiger partial charge in [-0.15, -0.1) is 0 Å². The fraction of sp³-hybridized carbons (Fsp3) is 0.214. The lowest BCUT2D eigenvalue weighted by Gasteiger charge is -2.13. The summed E-state index contributed by atoms with van der Waals surface area (Å²) in [6, 6.07) is 6.26. The Morgan fingerprint density at radius 2 is 1.65 bits per heavy atom. The van der Waals surface area contributed by atoms with Crippen LogP contribution in [0.15, 0.2) is 50.2 Å². The van der Waals surface area contributed by atoms with Gasteiger partial charge in [0.2, 0.25) is 0 Å². The van der Waals surface area contributed by atoms with Crippen LogP contribution in [-0.2, 0) is 15.5 Å². The number of ether oxygens (including phenoxy) is 1. The molecule has 2 rings (SSSR count). The minimum Gasteiger partial charge on any atom is -0.461 e. The summed E-state index contributed by atoms with van der Waals surface area (Å²) in [5.74, 6) is -5.28. The van der Waals surface area contributed by atoms with Crippen molar-refractivity contribution in [1.29, 1.82) is 0 Å². The number of rotatable bonds is 3. The molecule has 0 aliphatic carbocycles. The van der Waals surface area contributed by atoms with Crippen LogP contribution in [0, 0.1) is 0 Å². The highest BCUT2D eigenvalue weighted by Gasteiger charge is 2.44. The van der Waals surface area contributed by atoms with Crippen molar-refractivity contribution >= 4 is 53.8 Å². The lowest BCUT2D eigenvalue weighted by molar-refractivity contribution is -0.173. The molecule has 0 fully saturated rings. The number of pyridine rings is 2. The molecule has 23 heavy (non-hydrogen) atoms. The molecule has 0 radical (unpaired) electrons. The highest BCUT2D eigenvalue weighted by molar-refractivity contribution is 9.11. The molecule has 0 aliphatic heterocycles. The molecule has 2 aromatic rings. The molecule has 0 bridgehead atoms. The van der Waals surface area contributed by atoms with E-state index in [1.54, 1.807) is 6.20 Å². The molecule has 4 nitrogen and oxygen atoms in total. The first kappa shape index (κ1) is 20.1. The second-order valence-corrected chi connectivity index (χ2v) is 6.60. The molecule has 0 aromatic carbocycles. The normalized spacial score (nSPS) is 10.5. The first-order valence-corrected chi connectivity index (χ1v) is 8.59. The number of nitrogens with zero attached hydrogens (tertiary/aromatic N) is 2. The van der Waals surface area contributed by atoms with Gasteiger partial charge in [0.05, 0.1) is 6.61 Å². The van der Waals surface area contributed by atoms with Crippen LogP contribution in [0.2, 0.25) is 0 Å². The van der Waals surface area contributed by atoms with Crippen molar-refractivity contribution in [3.63, 3.8) is 0 Å². The monoisotopic (exact) mass is 514 g/mol. The number of carbonyl (C=O) groups excluding carboxylic acids is 1. The lowest BCUT2D eigenvalue weighted by atomic mass is 10.2. The summed E-state index contributed by atoms with van der Waals surface area (Å²) in [6.45, 7) is 1.37. The summed E-state index contributed by atoms with van der Waals surface area (Å²) in [5.41, 5.74) is -0.621. The number of halogens is 5. The maximum atomic E-state index is 13.3. The van der Waals surface area contributed by atoms with E-state index < -0.39 is 17.6 Å². The molecule has 2 aromatic heterocycles. The summed E-state index contributed by atoms with van der Waals surface area (Å²) in [5, 5.41) is 0. The van der Waals surface area contributed by atoms with Gasteiger partial charge in [-0.3, -0.25) is 4.98 Å². The Bertz CT molecular complexity index is 616. The Morgan fingerprint density at radius 3 is 2.04 bits per heavy atom. The van der Waals surface area contributed by atoms with Crippen LogP contribution in [0.3, 0.4) is 0 Å². The fourth-order valence-corrected chi connectivity index (χ4v) is 1.95. The van der Waals surface area contributed by atoms with E-state index in [9.17, 15) is 13.6 Å². The zero-order chi connectivity index (χ0) is 17.5. The third-order valence-electron chi connectivity index (χ3n) is 2.27. The Hall–Kier alpha value is -0.930. The Balaban J connectivity index is 0.000000277.